The number of nitrogens with zero attached hydrogens (tertiary/aromatic N) is 3. The lowest BCUT2D eigenvalue weighted by Gasteiger charge is -2.43. The van der Waals surface area contributed by atoms with Crippen molar-refractivity contribution in [2.45, 2.75) is 52.9 Å². The number of benzene rings is 2. The molecule has 1 fully saturated rings. The van der Waals surface area contributed by atoms with Crippen molar-refractivity contribution in [2.75, 3.05) is 25.1 Å². The van der Waals surface area contributed by atoms with E-state index in [2.05, 4.69) is 36.1 Å². The van der Waals surface area contributed by atoms with Crippen LogP contribution in [0.3, 0.4) is 0 Å². The van der Waals surface area contributed by atoms with Crippen molar-refractivity contribution in [3.05, 3.63) is 79.9 Å². The molecule has 6 heteroatoms. The summed E-state index contributed by atoms with van der Waals surface area (Å²) in [6, 6.07) is 12.7. The summed E-state index contributed by atoms with van der Waals surface area (Å²) in [5.74, 6) is 2.57. The normalized spacial score (nSPS) is 18.9. The van der Waals surface area contributed by atoms with Gasteiger partial charge in [-0.25, -0.2) is 4.98 Å². The van der Waals surface area contributed by atoms with Crippen LogP contribution in [0.2, 0.25) is 5.02 Å². The maximum Gasteiger partial charge on any atom is 0.263 e. The molecule has 178 valence electrons. The molecule has 1 atom stereocenters. The first-order valence-corrected chi connectivity index (χ1v) is 12.4. The molecule has 1 spiro atoms. The van der Waals surface area contributed by atoms with Crippen LogP contribution in [0.15, 0.2) is 41.2 Å². The Morgan fingerprint density at radius 1 is 1.09 bits per heavy atom. The van der Waals surface area contributed by atoms with Gasteiger partial charge in [-0.15, -0.1) is 0 Å². The Hall–Kier alpha value is -2.79. The molecule has 0 radical (unpaired) electrons. The van der Waals surface area contributed by atoms with Crippen LogP contribution in [0.25, 0.3) is 5.69 Å². The van der Waals surface area contributed by atoms with Gasteiger partial charge in [0, 0.05) is 13.1 Å². The van der Waals surface area contributed by atoms with Gasteiger partial charge in [-0.05, 0) is 74.1 Å². The Kier molecular flexibility index (Phi) is 5.71. The van der Waals surface area contributed by atoms with Crippen LogP contribution < -0.4 is 15.2 Å². The lowest BCUT2D eigenvalue weighted by Crippen LogP contribution is -2.43. The fourth-order valence-corrected chi connectivity index (χ4v) is 6.48. The number of methoxy groups -OCH3 is 1. The van der Waals surface area contributed by atoms with E-state index in [9.17, 15) is 4.79 Å². The van der Waals surface area contributed by atoms with Crippen molar-refractivity contribution < 1.29 is 4.74 Å². The van der Waals surface area contributed by atoms with Crippen LogP contribution in [0, 0.1) is 26.2 Å². The van der Waals surface area contributed by atoms with Crippen LogP contribution in [-0.2, 0) is 6.42 Å². The lowest BCUT2D eigenvalue weighted by molar-refractivity contribution is 0.194. The molecule has 1 aliphatic carbocycles. The van der Waals surface area contributed by atoms with Gasteiger partial charge in [-0.1, -0.05) is 48.9 Å². The number of hydrogen-bond donors (Lipinski definition) is 0. The third-order valence-electron chi connectivity index (χ3n) is 8.21. The fraction of sp³-hybridized carbons (Fsp3) is 0.429. The van der Waals surface area contributed by atoms with Crippen molar-refractivity contribution in [2.24, 2.45) is 5.41 Å². The largest absolute Gasteiger partial charge is 0.495 e. The summed E-state index contributed by atoms with van der Waals surface area (Å²) >= 11 is 6.63. The van der Waals surface area contributed by atoms with E-state index in [4.69, 9.17) is 21.3 Å². The van der Waals surface area contributed by atoms with Crippen LogP contribution in [-0.4, -0.2) is 29.8 Å². The van der Waals surface area contributed by atoms with Gasteiger partial charge < -0.3 is 9.64 Å². The Bertz CT molecular complexity index is 1320. The second kappa shape index (κ2) is 8.46. The molecule has 1 aromatic heterocycles. The molecule has 5 rings (SSSR count). The highest BCUT2D eigenvalue weighted by Gasteiger charge is 2.45. The predicted octanol–water partition coefficient (Wildman–Crippen LogP) is 5.77. The van der Waals surface area contributed by atoms with Crippen LogP contribution >= 0.6 is 11.6 Å². The zero-order valence-corrected chi connectivity index (χ0v) is 21.4. The third kappa shape index (κ3) is 3.44. The molecule has 5 nitrogen and oxygen atoms in total. The van der Waals surface area contributed by atoms with Gasteiger partial charge in [-0.3, -0.25) is 9.36 Å². The summed E-state index contributed by atoms with van der Waals surface area (Å²) in [7, 11) is 1.59. The molecule has 2 aliphatic rings. The van der Waals surface area contributed by atoms with Gasteiger partial charge in [0.1, 0.15) is 22.4 Å². The number of aryl methyl sites for hydroxylation is 2. The van der Waals surface area contributed by atoms with E-state index in [0.717, 1.165) is 43.7 Å². The highest BCUT2D eigenvalue weighted by molar-refractivity contribution is 6.34. The van der Waals surface area contributed by atoms with Gasteiger partial charge in [0.05, 0.1) is 18.4 Å². The number of rotatable bonds is 3. The average molecular weight is 478 g/mol. The van der Waals surface area contributed by atoms with E-state index >= 15 is 0 Å². The van der Waals surface area contributed by atoms with E-state index in [1.165, 1.54) is 11.1 Å². The van der Waals surface area contributed by atoms with Gasteiger partial charge in [0.15, 0.2) is 0 Å². The molecule has 0 N–H and O–H groups in total. The number of anilines is 1. The van der Waals surface area contributed by atoms with Crippen molar-refractivity contribution in [3.8, 4) is 11.4 Å². The Morgan fingerprint density at radius 2 is 1.79 bits per heavy atom. The molecule has 1 saturated heterocycles. The second-order valence-corrected chi connectivity index (χ2v) is 10.3. The maximum atomic E-state index is 13.5. The average Bonchev–Trinajstić information content (AvgIpc) is 3.10. The van der Waals surface area contributed by atoms with Crippen molar-refractivity contribution in [3.63, 3.8) is 0 Å². The molecule has 0 unspecified atom stereocenters. The molecular weight excluding hydrogens is 446 g/mol. The van der Waals surface area contributed by atoms with E-state index in [0.29, 0.717) is 39.2 Å². The molecule has 34 heavy (non-hydrogen) atoms. The minimum atomic E-state index is -0.0859. The number of halogens is 1. The molecule has 0 bridgehead atoms. The minimum absolute atomic E-state index is 0.0859. The molecular formula is C28H32ClN3O2. The van der Waals surface area contributed by atoms with E-state index in [1.807, 2.05) is 32.9 Å². The van der Waals surface area contributed by atoms with E-state index in [1.54, 1.807) is 11.7 Å². The molecule has 2 heterocycles. The first kappa shape index (κ1) is 23.0. The first-order valence-electron chi connectivity index (χ1n) is 12.0. The fourth-order valence-electron chi connectivity index (χ4n) is 6.11. The highest BCUT2D eigenvalue weighted by Crippen LogP contribution is 2.53. The van der Waals surface area contributed by atoms with Crippen LogP contribution in [0.4, 0.5) is 5.82 Å². The summed E-state index contributed by atoms with van der Waals surface area (Å²) in [5.41, 5.74) is 5.41. The monoisotopic (exact) mass is 477 g/mol. The quantitative estimate of drug-likeness (QED) is 0.480. The smallest absolute Gasteiger partial charge is 0.263 e. The summed E-state index contributed by atoms with van der Waals surface area (Å²) in [6.45, 7) is 9.88. The topological polar surface area (TPSA) is 47.4 Å². The number of ether oxygens (including phenoxy) is 1. The second-order valence-electron chi connectivity index (χ2n) is 9.94. The third-order valence-corrected chi connectivity index (χ3v) is 8.58. The Balaban J connectivity index is 1.45. The standard InChI is InChI=1S/C28H32ClN3O2/c1-17-10-11-23(24(29)25(17)34-5)32-20(4)30-26(18(2)27(32)33)31-14-12-28(13-15-31)16-21-8-6-7-9-22(21)19(28)3/h6-11,19H,12-16H2,1-5H3/t19-/m1/s1. The molecule has 0 saturated carbocycles. The summed E-state index contributed by atoms with van der Waals surface area (Å²) in [5, 5.41) is 0.427. The zero-order valence-electron chi connectivity index (χ0n) is 20.6. The number of aromatic nitrogens is 2. The van der Waals surface area contributed by atoms with Crippen molar-refractivity contribution in [1.82, 2.24) is 9.55 Å². The van der Waals surface area contributed by atoms with Crippen molar-refractivity contribution in [1.29, 1.82) is 0 Å². The summed E-state index contributed by atoms with van der Waals surface area (Å²) in [6.07, 6.45) is 3.36. The van der Waals surface area contributed by atoms with Gasteiger partial charge >= 0.3 is 0 Å². The first-order chi connectivity index (χ1) is 16.3. The van der Waals surface area contributed by atoms with Crippen LogP contribution in [0.1, 0.15) is 53.8 Å². The molecule has 3 aromatic rings. The minimum Gasteiger partial charge on any atom is -0.495 e. The van der Waals surface area contributed by atoms with Crippen LogP contribution in [0.5, 0.6) is 5.75 Å². The summed E-state index contributed by atoms with van der Waals surface area (Å²) in [4.78, 5) is 20.8. The van der Waals surface area contributed by atoms with Gasteiger partial charge in [-0.2, -0.15) is 0 Å². The number of piperidine rings is 1. The number of fused-ring (bicyclic) bond motifs is 1. The van der Waals surface area contributed by atoms with Crippen molar-refractivity contribution >= 4 is 17.4 Å². The SMILES string of the molecule is COc1c(C)ccc(-n2c(C)nc(N3CCC4(CC3)Cc3ccccc3[C@H]4C)c(C)c2=O)c1Cl. The lowest BCUT2D eigenvalue weighted by atomic mass is 9.70. The number of hydrogen-bond acceptors (Lipinski definition) is 4. The Labute approximate surface area is 206 Å². The Morgan fingerprint density at radius 3 is 2.47 bits per heavy atom. The molecule has 0 amide bonds. The predicted molar refractivity (Wildman–Crippen MR) is 138 cm³/mol. The van der Waals surface area contributed by atoms with E-state index < -0.39 is 0 Å². The maximum absolute atomic E-state index is 13.5. The van der Waals surface area contributed by atoms with E-state index in [-0.39, 0.29) is 5.56 Å². The highest BCUT2D eigenvalue weighted by atomic mass is 35.5. The molecule has 1 aliphatic heterocycles. The zero-order chi connectivity index (χ0) is 24.2. The molecule has 2 aromatic carbocycles. The van der Waals surface area contributed by atoms with Gasteiger partial charge in [0.25, 0.3) is 5.56 Å². The summed E-state index contributed by atoms with van der Waals surface area (Å²) < 4.78 is 7.07. The van der Waals surface area contributed by atoms with Gasteiger partial charge in [0.2, 0.25) is 0 Å².